The van der Waals surface area contributed by atoms with Crippen LogP contribution in [0.3, 0.4) is 0 Å². The fourth-order valence-corrected chi connectivity index (χ4v) is 1.41. The van der Waals surface area contributed by atoms with Crippen molar-refractivity contribution >= 4 is 23.9 Å². The van der Waals surface area contributed by atoms with Crippen molar-refractivity contribution in [2.75, 3.05) is 0 Å². The quantitative estimate of drug-likeness (QED) is 0.330. The molecule has 0 fully saturated rings. The van der Waals surface area contributed by atoms with Crippen molar-refractivity contribution in [3.05, 3.63) is 0 Å². The zero-order valence-corrected chi connectivity index (χ0v) is 12.1. The van der Waals surface area contributed by atoms with Crippen LogP contribution in [0.1, 0.15) is 33.1 Å². The van der Waals surface area contributed by atoms with Crippen LogP contribution in [0.2, 0.25) is 0 Å². The van der Waals surface area contributed by atoms with Crippen molar-refractivity contribution in [3.63, 3.8) is 0 Å². The Bertz CT molecular complexity index is 416. The summed E-state index contributed by atoms with van der Waals surface area (Å²) in [5.41, 5.74) is -2.14. The smallest absolute Gasteiger partial charge is 0.336 e. The highest BCUT2D eigenvalue weighted by molar-refractivity contribution is 5.83. The van der Waals surface area contributed by atoms with E-state index in [0.29, 0.717) is 0 Å². The summed E-state index contributed by atoms with van der Waals surface area (Å²) in [6.07, 6.45) is -3.37. The van der Waals surface area contributed by atoms with E-state index in [1.807, 2.05) is 0 Å². The molecule has 0 rings (SSSR count). The first-order valence-electron chi connectivity index (χ1n) is 6.12. The first-order chi connectivity index (χ1) is 9.81. The monoisotopic (exact) mass is 324 g/mol. The van der Waals surface area contributed by atoms with E-state index in [1.54, 1.807) is 13.8 Å². The van der Waals surface area contributed by atoms with Crippen molar-refractivity contribution in [3.8, 4) is 0 Å². The van der Waals surface area contributed by atoms with Gasteiger partial charge in [0.15, 0.2) is 11.7 Å². The summed E-state index contributed by atoms with van der Waals surface area (Å²) in [4.78, 5) is 40.3. The Morgan fingerprint density at radius 3 is 1.59 bits per heavy atom. The van der Waals surface area contributed by atoms with Gasteiger partial charge in [-0.05, 0) is 12.3 Å². The Morgan fingerprint density at radius 1 is 0.955 bits per heavy atom. The maximum absolute atomic E-state index is 10.6. The average molecular weight is 324 g/mol. The molecule has 128 valence electrons. The first kappa shape index (κ1) is 22.1. The van der Waals surface area contributed by atoms with Gasteiger partial charge in [0.1, 0.15) is 0 Å². The SMILES string of the molecule is CC(C)CC(O)(CC(=O)O)C(=O)O.O=C(O)CC(O)C(=O)O. The number of hydrogen-bond acceptors (Lipinski definition) is 6. The summed E-state index contributed by atoms with van der Waals surface area (Å²) in [5, 5.41) is 50.6. The molecule has 0 aromatic carbocycles. The van der Waals surface area contributed by atoms with Crippen LogP contribution >= 0.6 is 0 Å². The first-order valence-corrected chi connectivity index (χ1v) is 6.12. The lowest BCUT2D eigenvalue weighted by Crippen LogP contribution is -2.41. The molecule has 0 aromatic heterocycles. The van der Waals surface area contributed by atoms with Gasteiger partial charge in [-0.3, -0.25) is 9.59 Å². The molecule has 0 saturated carbocycles. The van der Waals surface area contributed by atoms with Crippen molar-refractivity contribution in [1.82, 2.24) is 0 Å². The summed E-state index contributed by atoms with van der Waals surface area (Å²) < 4.78 is 0. The third kappa shape index (κ3) is 10.6. The maximum Gasteiger partial charge on any atom is 0.336 e. The van der Waals surface area contributed by atoms with E-state index in [0.717, 1.165) is 0 Å². The number of rotatable bonds is 8. The molecular formula is C12H20O10. The molecule has 0 aliphatic carbocycles. The Kier molecular flexibility index (Phi) is 9.72. The van der Waals surface area contributed by atoms with Gasteiger partial charge in [-0.15, -0.1) is 0 Å². The number of carboxylic acid groups (broad SMARTS) is 4. The molecule has 2 atom stereocenters. The van der Waals surface area contributed by atoms with E-state index in [4.69, 9.17) is 25.5 Å². The summed E-state index contributed by atoms with van der Waals surface area (Å²) in [5.74, 6) is -5.71. The average Bonchev–Trinajstić information content (AvgIpc) is 2.25. The number of aliphatic carboxylic acids is 4. The van der Waals surface area contributed by atoms with Crippen LogP contribution in [0.25, 0.3) is 0 Å². The molecule has 0 spiro atoms. The molecule has 0 aromatic rings. The molecule has 0 radical (unpaired) electrons. The highest BCUT2D eigenvalue weighted by Gasteiger charge is 2.38. The minimum Gasteiger partial charge on any atom is -0.481 e. The lowest BCUT2D eigenvalue weighted by atomic mass is 9.89. The largest absolute Gasteiger partial charge is 0.481 e. The minimum absolute atomic E-state index is 0.0609. The summed E-state index contributed by atoms with van der Waals surface area (Å²) in [6.45, 7) is 3.44. The highest BCUT2D eigenvalue weighted by atomic mass is 16.4. The van der Waals surface area contributed by atoms with Crippen LogP contribution in [0, 0.1) is 5.92 Å². The van der Waals surface area contributed by atoms with Crippen LogP contribution in [-0.2, 0) is 19.2 Å². The third-order valence-electron chi connectivity index (χ3n) is 2.24. The van der Waals surface area contributed by atoms with Gasteiger partial charge in [0, 0.05) is 0 Å². The van der Waals surface area contributed by atoms with Gasteiger partial charge in [0.2, 0.25) is 0 Å². The normalized spacial score (nSPS) is 14.2. The van der Waals surface area contributed by atoms with Gasteiger partial charge in [0.25, 0.3) is 0 Å². The lowest BCUT2D eigenvalue weighted by Gasteiger charge is -2.23. The van der Waals surface area contributed by atoms with E-state index in [1.165, 1.54) is 0 Å². The van der Waals surface area contributed by atoms with E-state index >= 15 is 0 Å². The fourth-order valence-electron chi connectivity index (χ4n) is 1.41. The van der Waals surface area contributed by atoms with Gasteiger partial charge in [-0.2, -0.15) is 0 Å². The standard InChI is InChI=1S/C8H14O5.C4H6O5/c1-5(2)3-8(13,7(11)12)4-6(9)10;5-2(4(8)9)1-3(6)7/h5,13H,3-4H2,1-2H3,(H,9,10)(H,11,12);2,5H,1H2,(H,6,7)(H,8,9). The van der Waals surface area contributed by atoms with Crippen LogP contribution < -0.4 is 0 Å². The van der Waals surface area contributed by atoms with Crippen LogP contribution in [0.4, 0.5) is 0 Å². The number of carbonyl (C=O) groups is 4. The second kappa shape index (κ2) is 9.68. The molecule has 0 saturated heterocycles. The predicted molar refractivity (Wildman–Crippen MR) is 70.2 cm³/mol. The number of hydrogen-bond donors (Lipinski definition) is 6. The molecule has 6 N–H and O–H groups in total. The topological polar surface area (TPSA) is 190 Å². The van der Waals surface area contributed by atoms with Gasteiger partial charge in [-0.25, -0.2) is 9.59 Å². The predicted octanol–water partition coefficient (Wildman–Crippen LogP) is -0.770. The van der Waals surface area contributed by atoms with Crippen molar-refractivity contribution in [1.29, 1.82) is 0 Å². The zero-order valence-electron chi connectivity index (χ0n) is 12.1. The fraction of sp³-hybridized carbons (Fsp3) is 0.667. The van der Waals surface area contributed by atoms with Crippen LogP contribution in [-0.4, -0.2) is 66.2 Å². The van der Waals surface area contributed by atoms with E-state index in [9.17, 15) is 24.3 Å². The lowest BCUT2D eigenvalue weighted by molar-refractivity contribution is -0.167. The summed E-state index contributed by atoms with van der Waals surface area (Å²) in [7, 11) is 0. The Hall–Kier alpha value is -2.20. The molecule has 0 heterocycles. The molecule has 22 heavy (non-hydrogen) atoms. The summed E-state index contributed by atoms with van der Waals surface area (Å²) >= 11 is 0. The Balaban J connectivity index is 0. The molecule has 2 unspecified atom stereocenters. The van der Waals surface area contributed by atoms with E-state index in [-0.39, 0.29) is 12.3 Å². The minimum atomic E-state index is -2.14. The number of aliphatic hydroxyl groups is 2. The van der Waals surface area contributed by atoms with Crippen molar-refractivity contribution in [2.45, 2.75) is 44.8 Å². The highest BCUT2D eigenvalue weighted by Crippen LogP contribution is 2.21. The molecular weight excluding hydrogens is 304 g/mol. The van der Waals surface area contributed by atoms with Gasteiger partial charge < -0.3 is 30.6 Å². The number of carboxylic acids is 4. The molecule has 0 bridgehead atoms. The zero-order chi connectivity index (χ0) is 18.1. The molecule has 0 amide bonds. The van der Waals surface area contributed by atoms with Crippen LogP contribution in [0.5, 0.6) is 0 Å². The van der Waals surface area contributed by atoms with Gasteiger partial charge in [-0.1, -0.05) is 13.8 Å². The van der Waals surface area contributed by atoms with Gasteiger partial charge >= 0.3 is 23.9 Å². The van der Waals surface area contributed by atoms with Gasteiger partial charge in [0.05, 0.1) is 12.8 Å². The maximum atomic E-state index is 10.6. The van der Waals surface area contributed by atoms with Crippen molar-refractivity contribution < 1.29 is 49.8 Å². The molecule has 10 heteroatoms. The Labute approximate surface area is 125 Å². The summed E-state index contributed by atoms with van der Waals surface area (Å²) in [6, 6.07) is 0. The molecule has 10 nitrogen and oxygen atoms in total. The third-order valence-corrected chi connectivity index (χ3v) is 2.24. The second-order valence-electron chi connectivity index (χ2n) is 4.96. The Morgan fingerprint density at radius 2 is 1.41 bits per heavy atom. The molecule has 0 aliphatic rings. The van der Waals surface area contributed by atoms with Crippen LogP contribution in [0.15, 0.2) is 0 Å². The van der Waals surface area contributed by atoms with Crippen molar-refractivity contribution in [2.24, 2.45) is 5.92 Å². The van der Waals surface area contributed by atoms with E-state index < -0.39 is 48.4 Å². The molecule has 0 aliphatic heterocycles. The second-order valence-corrected chi connectivity index (χ2v) is 4.96. The number of aliphatic hydroxyl groups excluding tert-OH is 1. The van der Waals surface area contributed by atoms with E-state index in [2.05, 4.69) is 0 Å².